The predicted molar refractivity (Wildman–Crippen MR) is 132 cm³/mol. The van der Waals surface area contributed by atoms with E-state index in [1.54, 1.807) is 0 Å². The summed E-state index contributed by atoms with van der Waals surface area (Å²) in [6.45, 7) is 6.51. The Hall–Kier alpha value is -0.670. The zero-order valence-corrected chi connectivity index (χ0v) is 20.8. The van der Waals surface area contributed by atoms with Gasteiger partial charge >= 0.3 is 0 Å². The van der Waals surface area contributed by atoms with Crippen molar-refractivity contribution >= 4 is 40.7 Å². The Kier molecular flexibility index (Phi) is 10.9. The minimum Gasteiger partial charge on any atom is -0.373 e. The number of hydrogen-bond donors (Lipinski definition) is 2. The minimum atomic E-state index is -0.701. The molecule has 1 aliphatic carbocycles. The first kappa shape index (κ1) is 24.6. The molecule has 0 bridgehead atoms. The Bertz CT molecular complexity index is 659. The third-order valence-corrected chi connectivity index (χ3v) is 7.53. The Morgan fingerprint density at radius 1 is 1.21 bits per heavy atom. The maximum absolute atomic E-state index is 12.2. The van der Waals surface area contributed by atoms with Gasteiger partial charge in [0.15, 0.2) is 5.96 Å². The smallest absolute Gasteiger partial charge is 0.191 e. The lowest BCUT2D eigenvalue weighted by Gasteiger charge is -2.30. The number of guanidine groups is 1. The summed E-state index contributed by atoms with van der Waals surface area (Å²) in [5.74, 6) is 2.05. The third-order valence-electron chi connectivity index (χ3n) is 5.79. The fraction of sp³-hybridized carbons (Fsp3) is 0.682. The maximum atomic E-state index is 12.2. The van der Waals surface area contributed by atoms with Gasteiger partial charge in [0, 0.05) is 53.5 Å². The predicted octanol–water partition coefficient (Wildman–Crippen LogP) is 4.02. The van der Waals surface area contributed by atoms with Crippen LogP contribution in [0.2, 0.25) is 0 Å². The molecule has 2 aliphatic rings. The first-order valence-corrected chi connectivity index (χ1v) is 12.2. The average Bonchev–Trinajstić information content (AvgIpc) is 3.21. The molecule has 29 heavy (non-hydrogen) atoms. The van der Waals surface area contributed by atoms with E-state index in [0.29, 0.717) is 17.2 Å². The number of aliphatic imine (C=N–C) groups is 1. The van der Waals surface area contributed by atoms with Crippen molar-refractivity contribution in [1.29, 1.82) is 0 Å². The lowest BCUT2D eigenvalue weighted by atomic mass is 9.95. The van der Waals surface area contributed by atoms with Crippen LogP contribution in [0.15, 0.2) is 35.3 Å². The lowest BCUT2D eigenvalue weighted by molar-refractivity contribution is 0.0925. The molecule has 164 valence electrons. The van der Waals surface area contributed by atoms with Gasteiger partial charge in [-0.15, -0.1) is 24.0 Å². The summed E-state index contributed by atoms with van der Waals surface area (Å²) in [5.41, 5.74) is 1.25. The molecule has 5 atom stereocenters. The highest BCUT2D eigenvalue weighted by Gasteiger charge is 2.30. The highest BCUT2D eigenvalue weighted by Crippen LogP contribution is 2.34. The van der Waals surface area contributed by atoms with Crippen molar-refractivity contribution in [2.75, 3.05) is 25.4 Å². The van der Waals surface area contributed by atoms with Crippen LogP contribution in [0.4, 0.5) is 0 Å². The van der Waals surface area contributed by atoms with Gasteiger partial charge in [-0.2, -0.15) is 0 Å². The van der Waals surface area contributed by atoms with Crippen molar-refractivity contribution < 1.29 is 8.95 Å². The highest BCUT2D eigenvalue weighted by molar-refractivity contribution is 14.0. The number of ether oxygens (including phenoxy) is 1. The van der Waals surface area contributed by atoms with E-state index in [0.717, 1.165) is 63.5 Å². The van der Waals surface area contributed by atoms with Crippen molar-refractivity contribution in [3.8, 4) is 0 Å². The van der Waals surface area contributed by atoms with Gasteiger partial charge in [-0.25, -0.2) is 0 Å². The molecule has 0 spiro atoms. The van der Waals surface area contributed by atoms with Crippen molar-refractivity contribution in [2.24, 2.45) is 10.9 Å². The quantitative estimate of drug-likeness (QED) is 0.316. The molecule has 1 aliphatic heterocycles. The monoisotopic (exact) mass is 533 g/mol. The zero-order valence-electron chi connectivity index (χ0n) is 17.6. The molecule has 5 nitrogen and oxygen atoms in total. The second kappa shape index (κ2) is 12.9. The highest BCUT2D eigenvalue weighted by atomic mass is 127. The summed E-state index contributed by atoms with van der Waals surface area (Å²) in [6, 6.07) is 10.8. The normalized spacial score (nSPS) is 28.4. The van der Waals surface area contributed by atoms with Crippen LogP contribution in [0, 0.1) is 5.92 Å². The summed E-state index contributed by atoms with van der Waals surface area (Å²) >= 11 is 0. The Morgan fingerprint density at radius 2 is 2.00 bits per heavy atom. The van der Waals surface area contributed by atoms with E-state index >= 15 is 0 Å². The van der Waals surface area contributed by atoms with Gasteiger partial charge in [-0.1, -0.05) is 43.7 Å². The lowest BCUT2D eigenvalue weighted by Crippen LogP contribution is -2.46. The van der Waals surface area contributed by atoms with Crippen molar-refractivity contribution in [3.05, 3.63) is 35.9 Å². The van der Waals surface area contributed by atoms with Crippen LogP contribution in [0.3, 0.4) is 0 Å². The van der Waals surface area contributed by atoms with Crippen LogP contribution >= 0.6 is 24.0 Å². The number of benzene rings is 1. The second-order valence-electron chi connectivity index (χ2n) is 7.77. The molecular formula is C22H36IN3O2S. The Morgan fingerprint density at radius 3 is 2.72 bits per heavy atom. The van der Waals surface area contributed by atoms with Crippen LogP contribution < -0.4 is 10.6 Å². The average molecular weight is 534 g/mol. The van der Waals surface area contributed by atoms with Crippen LogP contribution in [0.1, 0.15) is 57.6 Å². The molecule has 0 amide bonds. The molecule has 1 saturated carbocycles. The molecule has 7 heteroatoms. The number of hydrogen-bond acceptors (Lipinski definition) is 3. The number of halogens is 1. The van der Waals surface area contributed by atoms with E-state index in [-0.39, 0.29) is 30.1 Å². The standard InChI is InChI=1S/C22H35N3O2S.HI/c1-3-23-22(25-19-11-8-12-20(15-19)28(26)4-2)24-16-18-13-14-27-21(18)17-9-6-5-7-10-17;/h5-7,9-10,18-21H,3-4,8,11-16H2,1-2H3,(H2,23,24,25);1H. The molecule has 0 radical (unpaired) electrons. The Labute approximate surface area is 195 Å². The third kappa shape index (κ3) is 7.21. The maximum Gasteiger partial charge on any atom is 0.191 e. The number of nitrogens with zero attached hydrogens (tertiary/aromatic N) is 1. The van der Waals surface area contributed by atoms with Crippen molar-refractivity contribution in [2.45, 2.75) is 63.3 Å². The molecule has 2 fully saturated rings. The topological polar surface area (TPSA) is 62.7 Å². The molecular weight excluding hydrogens is 497 g/mol. The van der Waals surface area contributed by atoms with Crippen molar-refractivity contribution in [3.63, 3.8) is 0 Å². The summed E-state index contributed by atoms with van der Waals surface area (Å²) in [7, 11) is -0.701. The van der Waals surface area contributed by atoms with Gasteiger partial charge in [0.1, 0.15) is 0 Å². The molecule has 0 aromatic heterocycles. The summed E-state index contributed by atoms with van der Waals surface area (Å²) in [5, 5.41) is 7.32. The van der Waals surface area contributed by atoms with E-state index in [9.17, 15) is 4.21 Å². The molecule has 1 saturated heterocycles. The second-order valence-corrected chi connectivity index (χ2v) is 9.78. The van der Waals surface area contributed by atoms with E-state index in [2.05, 4.69) is 41.8 Å². The molecule has 5 unspecified atom stereocenters. The minimum absolute atomic E-state index is 0. The van der Waals surface area contributed by atoms with E-state index in [1.807, 2.05) is 13.0 Å². The van der Waals surface area contributed by atoms with Crippen molar-refractivity contribution in [1.82, 2.24) is 10.6 Å². The summed E-state index contributed by atoms with van der Waals surface area (Å²) in [4.78, 5) is 4.89. The van der Waals surface area contributed by atoms with Crippen LogP contribution in [-0.4, -0.2) is 46.9 Å². The van der Waals surface area contributed by atoms with E-state index < -0.39 is 10.8 Å². The largest absolute Gasteiger partial charge is 0.373 e. The van der Waals surface area contributed by atoms with E-state index in [4.69, 9.17) is 9.73 Å². The van der Waals surface area contributed by atoms with Gasteiger partial charge in [0.2, 0.25) is 0 Å². The molecule has 1 aromatic carbocycles. The first-order chi connectivity index (χ1) is 13.7. The number of rotatable bonds is 7. The van der Waals surface area contributed by atoms with Gasteiger partial charge in [0.05, 0.1) is 6.10 Å². The van der Waals surface area contributed by atoms with Gasteiger partial charge in [0.25, 0.3) is 0 Å². The van der Waals surface area contributed by atoms with Gasteiger partial charge in [-0.05, 0) is 38.2 Å². The fourth-order valence-electron chi connectivity index (χ4n) is 4.30. The Balaban J connectivity index is 0.00000300. The SMILES string of the molecule is CCNC(=NCC1CCOC1c1ccccc1)NC1CCCC(S(=O)CC)C1.I. The molecule has 1 aromatic rings. The van der Waals surface area contributed by atoms with Crippen LogP contribution in [-0.2, 0) is 15.5 Å². The fourth-order valence-corrected chi connectivity index (χ4v) is 5.65. The van der Waals surface area contributed by atoms with E-state index in [1.165, 1.54) is 5.56 Å². The number of nitrogens with one attached hydrogen (secondary N) is 2. The summed E-state index contributed by atoms with van der Waals surface area (Å²) in [6.07, 6.45) is 5.51. The first-order valence-electron chi connectivity index (χ1n) is 10.8. The molecule has 2 N–H and O–H groups in total. The summed E-state index contributed by atoms with van der Waals surface area (Å²) < 4.78 is 18.2. The molecule has 3 rings (SSSR count). The van der Waals surface area contributed by atoms with Crippen LogP contribution in [0.5, 0.6) is 0 Å². The zero-order chi connectivity index (χ0) is 19.8. The van der Waals surface area contributed by atoms with Gasteiger partial charge in [-0.3, -0.25) is 9.20 Å². The molecule has 1 heterocycles. The van der Waals surface area contributed by atoms with Gasteiger partial charge < -0.3 is 15.4 Å². The van der Waals surface area contributed by atoms with Crippen LogP contribution in [0.25, 0.3) is 0 Å².